The fraction of sp³-hybridized carbons (Fsp3) is 0.438. The number of hydrogen-bond acceptors (Lipinski definition) is 8. The van der Waals surface area contributed by atoms with Gasteiger partial charge in [0.05, 0.1) is 5.02 Å². The lowest BCUT2D eigenvalue weighted by Gasteiger charge is -2.16. The van der Waals surface area contributed by atoms with E-state index in [9.17, 15) is 9.59 Å². The zero-order valence-electron chi connectivity index (χ0n) is 16.1. The summed E-state index contributed by atoms with van der Waals surface area (Å²) in [6.45, 7) is 7.15. The maximum absolute atomic E-state index is 11.8. The molecule has 0 atom stereocenters. The molecule has 0 aliphatic rings. The Bertz CT molecular complexity index is 934. The largest absolute Gasteiger partial charge is 0.479 e. The highest BCUT2D eigenvalue weighted by Gasteiger charge is 2.22. The fourth-order valence-corrected chi connectivity index (χ4v) is 2.87. The van der Waals surface area contributed by atoms with E-state index in [1.807, 2.05) is 27.7 Å². The van der Waals surface area contributed by atoms with Crippen molar-refractivity contribution in [3.63, 3.8) is 0 Å². The molecule has 2 rings (SSSR count). The topological polar surface area (TPSA) is 133 Å². The van der Waals surface area contributed by atoms with Crippen LogP contribution in [0.25, 0.3) is 0 Å². The summed E-state index contributed by atoms with van der Waals surface area (Å²) in [6.07, 6.45) is 0. The van der Waals surface area contributed by atoms with Gasteiger partial charge in [-0.05, 0) is 11.8 Å². The third-order valence-corrected chi connectivity index (χ3v) is 4.80. The Kier molecular flexibility index (Phi) is 9.47. The Hall–Kier alpha value is -1.75. The summed E-state index contributed by atoms with van der Waals surface area (Å²) < 4.78 is 5.82. The first-order valence-corrected chi connectivity index (χ1v) is 10.2. The van der Waals surface area contributed by atoms with Gasteiger partial charge in [0, 0.05) is 5.41 Å². The zero-order valence-corrected chi connectivity index (χ0v) is 19.2. The number of ether oxygens (including phenoxy) is 1. The van der Waals surface area contributed by atoms with E-state index in [0.717, 1.165) is 10.4 Å². The van der Waals surface area contributed by atoms with Crippen LogP contribution in [-0.2, 0) is 10.2 Å². The Morgan fingerprint density at radius 3 is 2.41 bits per heavy atom. The number of carbonyl (C=O) groups is 1. The molecule has 0 bridgehead atoms. The van der Waals surface area contributed by atoms with Crippen molar-refractivity contribution in [2.24, 2.45) is 0 Å². The number of aromatic nitrogens is 4. The van der Waals surface area contributed by atoms with Gasteiger partial charge in [0.2, 0.25) is 11.0 Å². The lowest BCUT2D eigenvalue weighted by atomic mass is 9.93. The van der Waals surface area contributed by atoms with Crippen molar-refractivity contribution in [3.8, 4) is 5.88 Å². The Morgan fingerprint density at radius 1 is 1.28 bits per heavy atom. The first kappa shape index (κ1) is 25.3. The average molecular weight is 485 g/mol. The van der Waals surface area contributed by atoms with Crippen LogP contribution >= 0.6 is 46.6 Å². The minimum absolute atomic E-state index is 0.0106. The number of pyridine rings is 1. The normalized spacial score (nSPS) is 10.9. The number of carboxylic acids is 1. The summed E-state index contributed by atoms with van der Waals surface area (Å²) in [7, 11) is 0. The van der Waals surface area contributed by atoms with Crippen molar-refractivity contribution in [2.75, 3.05) is 18.2 Å². The van der Waals surface area contributed by atoms with Crippen LogP contribution in [0.15, 0.2) is 16.0 Å². The van der Waals surface area contributed by atoms with Gasteiger partial charge in [-0.1, -0.05) is 74.3 Å². The third-order valence-electron chi connectivity index (χ3n) is 3.03. The van der Waals surface area contributed by atoms with Gasteiger partial charge >= 0.3 is 5.97 Å². The summed E-state index contributed by atoms with van der Waals surface area (Å²) in [6, 6.07) is 1.33. The molecule has 160 valence electrons. The minimum Gasteiger partial charge on any atom is -0.479 e. The molecule has 29 heavy (non-hydrogen) atoms. The summed E-state index contributed by atoms with van der Waals surface area (Å²) in [5.41, 5.74) is -0.209. The summed E-state index contributed by atoms with van der Waals surface area (Å²) in [4.78, 5) is 25.7. The monoisotopic (exact) mass is 483 g/mol. The summed E-state index contributed by atoms with van der Waals surface area (Å²) >= 11 is 18.2. The molecule has 0 aromatic carbocycles. The van der Waals surface area contributed by atoms with Gasteiger partial charge in [0.1, 0.15) is 10.7 Å². The van der Waals surface area contributed by atoms with Crippen molar-refractivity contribution in [1.82, 2.24) is 19.9 Å². The van der Waals surface area contributed by atoms with Crippen LogP contribution in [-0.4, -0.2) is 43.3 Å². The second-order valence-corrected chi connectivity index (χ2v) is 8.82. The van der Waals surface area contributed by atoms with E-state index in [4.69, 9.17) is 50.5 Å². The van der Waals surface area contributed by atoms with Crippen molar-refractivity contribution >= 4 is 52.5 Å². The molecule has 0 amide bonds. The average Bonchev–Trinajstić information content (AvgIpc) is 2.60. The second-order valence-electron chi connectivity index (χ2n) is 6.42. The highest BCUT2D eigenvalue weighted by Crippen LogP contribution is 2.30. The van der Waals surface area contributed by atoms with Gasteiger partial charge in [-0.2, -0.15) is 9.66 Å². The zero-order chi connectivity index (χ0) is 22.4. The van der Waals surface area contributed by atoms with Crippen molar-refractivity contribution in [1.29, 1.82) is 0 Å². The molecule has 0 unspecified atom stereocenters. The van der Waals surface area contributed by atoms with Gasteiger partial charge in [0.25, 0.3) is 5.56 Å². The molecule has 0 spiro atoms. The lowest BCUT2D eigenvalue weighted by molar-refractivity contribution is -0.139. The number of thioether (sulfide) groups is 1. The maximum atomic E-state index is 11.8. The third kappa shape index (κ3) is 7.54. The molecular formula is C16H20Cl3N5O4S. The molecule has 0 radical (unpaired) electrons. The van der Waals surface area contributed by atoms with Crippen LogP contribution in [0.1, 0.15) is 33.4 Å². The lowest BCUT2D eigenvalue weighted by Crippen LogP contribution is -2.37. The molecule has 0 aliphatic heterocycles. The molecule has 0 saturated carbocycles. The number of nitrogen functional groups attached to an aromatic ring is 1. The van der Waals surface area contributed by atoms with Crippen LogP contribution in [0, 0.1) is 0 Å². The Morgan fingerprint density at radius 2 is 1.90 bits per heavy atom. The molecule has 2 aromatic rings. The van der Waals surface area contributed by atoms with E-state index in [1.165, 1.54) is 17.8 Å². The number of nitrogens with two attached hydrogens (primary N) is 1. The molecule has 3 N–H and O–H groups in total. The van der Waals surface area contributed by atoms with Crippen LogP contribution in [0.4, 0.5) is 0 Å². The van der Waals surface area contributed by atoms with E-state index < -0.39 is 12.6 Å². The fourth-order valence-electron chi connectivity index (χ4n) is 1.74. The standard InChI is InChI=1S/C9H16N4OS.C7H4Cl3NO3/c1-5-15-8-12-11-6(9(2,3)4)7(14)13(8)10;8-3-1-4(9)7(11-6(3)10)14-2-5(12)13/h5,10H2,1-4H3;1H,2H2,(H,12,13). The van der Waals surface area contributed by atoms with Gasteiger partial charge in [-0.15, -0.1) is 10.2 Å². The van der Waals surface area contributed by atoms with Crippen molar-refractivity contribution in [2.45, 2.75) is 38.3 Å². The van der Waals surface area contributed by atoms with Crippen LogP contribution in [0.3, 0.4) is 0 Å². The maximum Gasteiger partial charge on any atom is 0.341 e. The molecule has 0 aliphatic carbocycles. The number of hydrogen-bond donors (Lipinski definition) is 2. The summed E-state index contributed by atoms with van der Waals surface area (Å²) in [5.74, 6) is 5.27. The van der Waals surface area contributed by atoms with E-state index in [1.54, 1.807) is 0 Å². The highest BCUT2D eigenvalue weighted by atomic mass is 35.5. The Balaban J connectivity index is 0.000000291. The number of rotatable bonds is 5. The molecule has 2 heterocycles. The van der Waals surface area contributed by atoms with E-state index in [2.05, 4.69) is 15.2 Å². The first-order chi connectivity index (χ1) is 13.4. The molecule has 0 fully saturated rings. The SMILES string of the molecule is CCSc1nnc(C(C)(C)C)c(=O)n1N.O=C(O)COc1nc(Cl)c(Cl)cc1Cl. The van der Waals surface area contributed by atoms with E-state index in [0.29, 0.717) is 10.9 Å². The minimum atomic E-state index is -1.13. The number of halogens is 3. The van der Waals surface area contributed by atoms with Crippen molar-refractivity contribution < 1.29 is 14.6 Å². The highest BCUT2D eigenvalue weighted by molar-refractivity contribution is 7.99. The first-order valence-electron chi connectivity index (χ1n) is 8.12. The number of nitrogens with zero attached hydrogens (tertiary/aromatic N) is 4. The predicted molar refractivity (Wildman–Crippen MR) is 114 cm³/mol. The Labute approximate surface area is 186 Å². The second kappa shape index (κ2) is 10.9. The predicted octanol–water partition coefficient (Wildman–Crippen LogP) is 3.27. The van der Waals surface area contributed by atoms with Gasteiger partial charge in [-0.3, -0.25) is 4.79 Å². The van der Waals surface area contributed by atoms with Gasteiger partial charge in [0.15, 0.2) is 11.8 Å². The van der Waals surface area contributed by atoms with E-state index >= 15 is 0 Å². The molecule has 13 heteroatoms. The number of aliphatic carboxylic acids is 1. The molecule has 0 saturated heterocycles. The van der Waals surface area contributed by atoms with Crippen LogP contribution < -0.4 is 16.1 Å². The smallest absolute Gasteiger partial charge is 0.341 e. The summed E-state index contributed by atoms with van der Waals surface area (Å²) in [5, 5.41) is 17.0. The van der Waals surface area contributed by atoms with E-state index in [-0.39, 0.29) is 32.1 Å². The molecular weight excluding hydrogens is 465 g/mol. The van der Waals surface area contributed by atoms with Gasteiger partial charge < -0.3 is 15.7 Å². The van der Waals surface area contributed by atoms with Gasteiger partial charge in [-0.25, -0.2) is 4.79 Å². The quantitative estimate of drug-likeness (QED) is 0.372. The molecule has 2 aromatic heterocycles. The molecule has 9 nitrogen and oxygen atoms in total. The van der Waals surface area contributed by atoms with Crippen LogP contribution in [0.5, 0.6) is 5.88 Å². The van der Waals surface area contributed by atoms with Crippen LogP contribution in [0.2, 0.25) is 15.2 Å². The number of carboxylic acid groups (broad SMARTS) is 1. The van der Waals surface area contributed by atoms with Crippen molar-refractivity contribution in [3.05, 3.63) is 37.3 Å².